The van der Waals surface area contributed by atoms with E-state index >= 15 is 0 Å². The number of piperidine rings is 1. The standard InChI is InChI=1S/C16H26N4O/c1-4-5-13-10-12(11-15(17)18-13)16(21)20-8-6-14(7-9-20)19(2)3/h10-11,14H,4-9H2,1-3H3,(H2,17,18). The molecule has 0 radical (unpaired) electrons. The van der Waals surface area contributed by atoms with Crippen LogP contribution in [0.5, 0.6) is 0 Å². The van der Waals surface area contributed by atoms with Crippen molar-refractivity contribution >= 4 is 11.7 Å². The number of amides is 1. The molecule has 1 aliphatic heterocycles. The number of carbonyl (C=O) groups excluding carboxylic acids is 1. The second-order valence-electron chi connectivity index (χ2n) is 6.01. The minimum absolute atomic E-state index is 0.0821. The molecular weight excluding hydrogens is 264 g/mol. The summed E-state index contributed by atoms with van der Waals surface area (Å²) in [6.45, 7) is 3.72. The zero-order chi connectivity index (χ0) is 15.4. The van der Waals surface area contributed by atoms with Crippen LogP contribution >= 0.6 is 0 Å². The number of pyridine rings is 1. The van der Waals surface area contributed by atoms with E-state index in [9.17, 15) is 4.79 Å². The van der Waals surface area contributed by atoms with Gasteiger partial charge in [-0.25, -0.2) is 4.98 Å². The normalized spacial score (nSPS) is 16.5. The lowest BCUT2D eigenvalue weighted by Crippen LogP contribution is -2.44. The first-order valence-electron chi connectivity index (χ1n) is 7.73. The molecule has 1 amide bonds. The van der Waals surface area contributed by atoms with Crippen molar-refractivity contribution in [2.75, 3.05) is 32.9 Å². The molecule has 5 nitrogen and oxygen atoms in total. The van der Waals surface area contributed by atoms with Crippen LogP contribution in [-0.2, 0) is 6.42 Å². The van der Waals surface area contributed by atoms with E-state index in [1.54, 1.807) is 6.07 Å². The fraction of sp³-hybridized carbons (Fsp3) is 0.625. The smallest absolute Gasteiger partial charge is 0.254 e. The van der Waals surface area contributed by atoms with Crippen molar-refractivity contribution in [3.63, 3.8) is 0 Å². The van der Waals surface area contributed by atoms with Crippen molar-refractivity contribution in [1.82, 2.24) is 14.8 Å². The predicted octanol–water partition coefficient (Wildman–Crippen LogP) is 1.78. The van der Waals surface area contributed by atoms with Gasteiger partial charge in [-0.05, 0) is 45.5 Å². The van der Waals surface area contributed by atoms with Gasteiger partial charge in [-0.1, -0.05) is 13.3 Å². The van der Waals surface area contributed by atoms with E-state index < -0.39 is 0 Å². The minimum Gasteiger partial charge on any atom is -0.384 e. The Morgan fingerprint density at radius 3 is 2.62 bits per heavy atom. The van der Waals surface area contributed by atoms with Gasteiger partial charge in [0.1, 0.15) is 5.82 Å². The fourth-order valence-electron chi connectivity index (χ4n) is 2.89. The van der Waals surface area contributed by atoms with E-state index in [4.69, 9.17) is 5.73 Å². The molecule has 0 aromatic carbocycles. The Labute approximate surface area is 127 Å². The summed E-state index contributed by atoms with van der Waals surface area (Å²) in [5.74, 6) is 0.520. The van der Waals surface area contributed by atoms with Crippen molar-refractivity contribution in [3.05, 3.63) is 23.4 Å². The van der Waals surface area contributed by atoms with E-state index in [0.717, 1.165) is 44.5 Å². The SMILES string of the molecule is CCCc1cc(C(=O)N2CCC(N(C)C)CC2)cc(N)n1. The monoisotopic (exact) mass is 290 g/mol. The van der Waals surface area contributed by atoms with E-state index in [1.165, 1.54) is 0 Å². The van der Waals surface area contributed by atoms with Crippen molar-refractivity contribution in [2.24, 2.45) is 0 Å². The zero-order valence-electron chi connectivity index (χ0n) is 13.3. The van der Waals surface area contributed by atoms with Crippen LogP contribution in [0, 0.1) is 0 Å². The lowest BCUT2D eigenvalue weighted by atomic mass is 10.0. The van der Waals surface area contributed by atoms with Gasteiger partial charge < -0.3 is 15.5 Å². The topological polar surface area (TPSA) is 62.5 Å². The highest BCUT2D eigenvalue weighted by Gasteiger charge is 2.25. The number of nitrogen functional groups attached to an aromatic ring is 1. The molecule has 21 heavy (non-hydrogen) atoms. The fourth-order valence-corrected chi connectivity index (χ4v) is 2.89. The molecule has 1 aliphatic rings. The maximum atomic E-state index is 12.6. The average molecular weight is 290 g/mol. The molecule has 0 aliphatic carbocycles. The average Bonchev–Trinajstić information content (AvgIpc) is 2.46. The van der Waals surface area contributed by atoms with Gasteiger partial charge in [-0.2, -0.15) is 0 Å². The molecule has 5 heteroatoms. The van der Waals surface area contributed by atoms with Crippen LogP contribution in [0.4, 0.5) is 5.82 Å². The molecule has 1 aromatic heterocycles. The molecule has 0 atom stereocenters. The first-order chi connectivity index (χ1) is 10.0. The van der Waals surface area contributed by atoms with Gasteiger partial charge in [0, 0.05) is 30.4 Å². The van der Waals surface area contributed by atoms with E-state index in [-0.39, 0.29) is 5.91 Å². The van der Waals surface area contributed by atoms with Crippen molar-refractivity contribution in [2.45, 2.75) is 38.6 Å². The van der Waals surface area contributed by atoms with Crippen LogP contribution < -0.4 is 5.73 Å². The van der Waals surface area contributed by atoms with Crippen LogP contribution in [0.2, 0.25) is 0 Å². The molecule has 1 aromatic rings. The number of nitrogens with zero attached hydrogens (tertiary/aromatic N) is 3. The Morgan fingerprint density at radius 2 is 2.05 bits per heavy atom. The van der Waals surface area contributed by atoms with Gasteiger partial charge in [0.15, 0.2) is 0 Å². The summed E-state index contributed by atoms with van der Waals surface area (Å²) in [6, 6.07) is 4.16. The van der Waals surface area contributed by atoms with E-state index in [1.807, 2.05) is 11.0 Å². The van der Waals surface area contributed by atoms with Crippen molar-refractivity contribution in [1.29, 1.82) is 0 Å². The summed E-state index contributed by atoms with van der Waals surface area (Å²) >= 11 is 0. The third-order valence-corrected chi connectivity index (χ3v) is 4.13. The third kappa shape index (κ3) is 3.94. The number of likely N-dealkylation sites (tertiary alicyclic amines) is 1. The number of aromatic nitrogens is 1. The highest BCUT2D eigenvalue weighted by molar-refractivity contribution is 5.95. The molecule has 0 bridgehead atoms. The van der Waals surface area contributed by atoms with Gasteiger partial charge in [0.25, 0.3) is 5.91 Å². The molecule has 2 rings (SSSR count). The summed E-state index contributed by atoms with van der Waals surface area (Å²) in [7, 11) is 4.20. The largest absolute Gasteiger partial charge is 0.384 e. The Morgan fingerprint density at radius 1 is 1.38 bits per heavy atom. The quantitative estimate of drug-likeness (QED) is 0.918. The number of rotatable bonds is 4. The highest BCUT2D eigenvalue weighted by Crippen LogP contribution is 2.18. The van der Waals surface area contributed by atoms with Gasteiger partial charge in [-0.15, -0.1) is 0 Å². The second kappa shape index (κ2) is 6.89. The van der Waals surface area contributed by atoms with Crippen LogP contribution in [0.1, 0.15) is 42.2 Å². The number of carbonyl (C=O) groups is 1. The maximum Gasteiger partial charge on any atom is 0.254 e. The van der Waals surface area contributed by atoms with Crippen LogP contribution in [-0.4, -0.2) is 53.9 Å². The number of hydrogen-bond donors (Lipinski definition) is 1. The molecule has 2 heterocycles. The van der Waals surface area contributed by atoms with Gasteiger partial charge >= 0.3 is 0 Å². The molecular formula is C16H26N4O. The van der Waals surface area contributed by atoms with Crippen LogP contribution in [0.15, 0.2) is 12.1 Å². The van der Waals surface area contributed by atoms with Crippen molar-refractivity contribution in [3.8, 4) is 0 Å². The molecule has 0 saturated carbocycles. The summed E-state index contributed by atoms with van der Waals surface area (Å²) in [5.41, 5.74) is 7.41. The van der Waals surface area contributed by atoms with E-state index in [0.29, 0.717) is 17.4 Å². The summed E-state index contributed by atoms with van der Waals surface area (Å²) in [6.07, 6.45) is 3.91. The predicted molar refractivity (Wildman–Crippen MR) is 85.3 cm³/mol. The molecule has 0 spiro atoms. The molecule has 1 saturated heterocycles. The summed E-state index contributed by atoms with van der Waals surface area (Å²) in [5, 5.41) is 0. The van der Waals surface area contributed by atoms with Crippen LogP contribution in [0.25, 0.3) is 0 Å². The first kappa shape index (κ1) is 15.8. The molecule has 1 fully saturated rings. The van der Waals surface area contributed by atoms with Gasteiger partial charge in [-0.3, -0.25) is 4.79 Å². The minimum atomic E-state index is 0.0821. The molecule has 0 unspecified atom stereocenters. The Kier molecular flexibility index (Phi) is 5.17. The van der Waals surface area contributed by atoms with E-state index in [2.05, 4.69) is 30.9 Å². The summed E-state index contributed by atoms with van der Waals surface area (Å²) < 4.78 is 0. The van der Waals surface area contributed by atoms with Gasteiger partial charge in [0.2, 0.25) is 0 Å². The zero-order valence-corrected chi connectivity index (χ0v) is 13.3. The van der Waals surface area contributed by atoms with Gasteiger partial charge in [0.05, 0.1) is 0 Å². The van der Waals surface area contributed by atoms with Crippen LogP contribution in [0.3, 0.4) is 0 Å². The number of hydrogen-bond acceptors (Lipinski definition) is 4. The number of anilines is 1. The molecule has 116 valence electrons. The second-order valence-corrected chi connectivity index (χ2v) is 6.01. The first-order valence-corrected chi connectivity index (χ1v) is 7.73. The Hall–Kier alpha value is -1.62. The number of aryl methyl sites for hydroxylation is 1. The Balaban J connectivity index is 2.07. The maximum absolute atomic E-state index is 12.6. The Bertz CT molecular complexity index is 493. The molecule has 2 N–H and O–H groups in total. The van der Waals surface area contributed by atoms with Crippen molar-refractivity contribution < 1.29 is 4.79 Å². The summed E-state index contributed by atoms with van der Waals surface area (Å²) in [4.78, 5) is 21.1. The number of nitrogens with two attached hydrogens (primary N) is 1. The lowest BCUT2D eigenvalue weighted by molar-refractivity contribution is 0.0663. The third-order valence-electron chi connectivity index (χ3n) is 4.13. The lowest BCUT2D eigenvalue weighted by Gasteiger charge is -2.35. The highest BCUT2D eigenvalue weighted by atomic mass is 16.2.